The Kier molecular flexibility index (Phi) is 3.78. The van der Waals surface area contributed by atoms with Gasteiger partial charge in [0, 0.05) is 19.5 Å². The first-order valence-electron chi connectivity index (χ1n) is 6.16. The lowest BCUT2D eigenvalue weighted by Gasteiger charge is -2.18. The Hall–Kier alpha value is -1.26. The van der Waals surface area contributed by atoms with Crippen molar-refractivity contribution < 1.29 is 14.3 Å². The lowest BCUT2D eigenvalue weighted by atomic mass is 10.1. The smallest absolute Gasteiger partial charge is 0.151 e. The zero-order chi connectivity index (χ0) is 13.2. The molecule has 1 aliphatic heterocycles. The number of β-amino-alcohol motifs (C(OH)–C–C–N with tert-alkyl or cyclic N) is 1. The molecule has 1 N–H and O–H groups in total. The van der Waals surface area contributed by atoms with Crippen LogP contribution in [0.15, 0.2) is 24.3 Å². The van der Waals surface area contributed by atoms with E-state index < -0.39 is 5.60 Å². The second-order valence-corrected chi connectivity index (χ2v) is 5.26. The van der Waals surface area contributed by atoms with Crippen molar-refractivity contribution in [3.05, 3.63) is 35.6 Å². The van der Waals surface area contributed by atoms with E-state index in [1.54, 1.807) is 25.1 Å². The second-order valence-electron chi connectivity index (χ2n) is 5.26. The minimum Gasteiger partial charge on any atom is -0.389 e. The first-order valence-corrected chi connectivity index (χ1v) is 6.16. The van der Waals surface area contributed by atoms with Crippen molar-refractivity contribution in [1.82, 2.24) is 4.90 Å². The standard InChI is InChI=1S/C14H18FNO2/c1-14(18)6-7-16(10-14)9-12(17)8-11-4-2-3-5-13(11)15/h2-5,18H,6-10H2,1H3. The Labute approximate surface area is 106 Å². The molecule has 18 heavy (non-hydrogen) atoms. The van der Waals surface area contributed by atoms with Crippen LogP contribution in [0.3, 0.4) is 0 Å². The molecule has 0 radical (unpaired) electrons. The molecule has 3 nitrogen and oxygen atoms in total. The maximum absolute atomic E-state index is 13.4. The highest BCUT2D eigenvalue weighted by Crippen LogP contribution is 2.20. The van der Waals surface area contributed by atoms with Crippen LogP contribution in [0.2, 0.25) is 0 Å². The summed E-state index contributed by atoms with van der Waals surface area (Å²) in [5.74, 6) is -0.350. The summed E-state index contributed by atoms with van der Waals surface area (Å²) in [6.07, 6.45) is 0.797. The molecule has 0 aromatic heterocycles. The van der Waals surface area contributed by atoms with Gasteiger partial charge in [-0.2, -0.15) is 0 Å². The number of hydrogen-bond donors (Lipinski definition) is 1. The summed E-state index contributed by atoms with van der Waals surface area (Å²) in [5, 5.41) is 9.80. The van der Waals surface area contributed by atoms with E-state index in [2.05, 4.69) is 0 Å². The molecule has 0 aliphatic carbocycles. The topological polar surface area (TPSA) is 40.5 Å². The van der Waals surface area contributed by atoms with Gasteiger partial charge in [-0.05, 0) is 25.0 Å². The molecule has 1 atom stereocenters. The van der Waals surface area contributed by atoms with Crippen molar-refractivity contribution >= 4 is 5.78 Å². The van der Waals surface area contributed by atoms with Crippen LogP contribution in [0.1, 0.15) is 18.9 Å². The molecular formula is C14H18FNO2. The third-order valence-corrected chi connectivity index (χ3v) is 3.28. The average Bonchev–Trinajstić information content (AvgIpc) is 2.61. The summed E-state index contributed by atoms with van der Waals surface area (Å²) in [5.41, 5.74) is -0.258. The second kappa shape index (κ2) is 5.16. The fourth-order valence-electron chi connectivity index (χ4n) is 2.33. The Bertz CT molecular complexity index is 445. The molecule has 0 bridgehead atoms. The van der Waals surface area contributed by atoms with E-state index >= 15 is 0 Å². The van der Waals surface area contributed by atoms with Gasteiger partial charge in [0.1, 0.15) is 5.82 Å². The molecule has 1 heterocycles. The monoisotopic (exact) mass is 251 g/mol. The van der Waals surface area contributed by atoms with E-state index in [1.807, 2.05) is 4.90 Å². The molecule has 0 spiro atoms. The van der Waals surface area contributed by atoms with E-state index in [0.29, 0.717) is 18.5 Å². The summed E-state index contributed by atoms with van der Waals surface area (Å²) in [7, 11) is 0. The summed E-state index contributed by atoms with van der Waals surface area (Å²) in [4.78, 5) is 13.8. The van der Waals surface area contributed by atoms with Gasteiger partial charge in [0.2, 0.25) is 0 Å². The van der Waals surface area contributed by atoms with Crippen LogP contribution in [0.25, 0.3) is 0 Å². The fraction of sp³-hybridized carbons (Fsp3) is 0.500. The van der Waals surface area contributed by atoms with Gasteiger partial charge in [-0.1, -0.05) is 18.2 Å². The number of Topliss-reactive ketones (excluding diaryl/α,β-unsaturated/α-hetero) is 1. The molecule has 0 saturated carbocycles. The zero-order valence-corrected chi connectivity index (χ0v) is 10.5. The summed E-state index contributed by atoms with van der Waals surface area (Å²) in [6, 6.07) is 6.34. The van der Waals surface area contributed by atoms with Gasteiger partial charge in [-0.15, -0.1) is 0 Å². The van der Waals surface area contributed by atoms with Gasteiger partial charge in [-0.3, -0.25) is 9.69 Å². The average molecular weight is 251 g/mol. The number of ketones is 1. The number of likely N-dealkylation sites (tertiary alicyclic amines) is 1. The van der Waals surface area contributed by atoms with Crippen LogP contribution >= 0.6 is 0 Å². The highest BCUT2D eigenvalue weighted by molar-refractivity contribution is 5.82. The lowest BCUT2D eigenvalue weighted by Crippen LogP contribution is -2.33. The van der Waals surface area contributed by atoms with Gasteiger partial charge in [0.15, 0.2) is 5.78 Å². The van der Waals surface area contributed by atoms with Crippen LogP contribution in [0, 0.1) is 5.82 Å². The normalized spacial score (nSPS) is 24.4. The van der Waals surface area contributed by atoms with Gasteiger partial charge in [0.25, 0.3) is 0 Å². The molecule has 98 valence electrons. The number of aliphatic hydroxyl groups is 1. The molecule has 1 aromatic carbocycles. The quantitative estimate of drug-likeness (QED) is 0.879. The molecule has 1 saturated heterocycles. The van der Waals surface area contributed by atoms with Crippen LogP contribution in [0.4, 0.5) is 4.39 Å². The van der Waals surface area contributed by atoms with Crippen LogP contribution < -0.4 is 0 Å². The van der Waals surface area contributed by atoms with Crippen molar-refractivity contribution in [1.29, 1.82) is 0 Å². The van der Waals surface area contributed by atoms with E-state index in [1.165, 1.54) is 6.07 Å². The summed E-state index contributed by atoms with van der Waals surface area (Å²) in [6.45, 7) is 3.28. The first-order chi connectivity index (χ1) is 8.46. The predicted octanol–water partition coefficient (Wildman–Crippen LogP) is 1.39. The van der Waals surface area contributed by atoms with Crippen LogP contribution in [-0.2, 0) is 11.2 Å². The molecule has 1 aliphatic rings. The number of nitrogens with zero attached hydrogens (tertiary/aromatic N) is 1. The lowest BCUT2D eigenvalue weighted by molar-refractivity contribution is -0.119. The van der Waals surface area contributed by atoms with Crippen LogP contribution in [-0.4, -0.2) is 41.0 Å². The predicted molar refractivity (Wildman–Crippen MR) is 66.8 cm³/mol. The van der Waals surface area contributed by atoms with Gasteiger partial charge in [-0.25, -0.2) is 4.39 Å². The molecule has 4 heteroatoms. The van der Waals surface area contributed by atoms with E-state index in [9.17, 15) is 14.3 Å². The minimum atomic E-state index is -0.696. The van der Waals surface area contributed by atoms with Crippen molar-refractivity contribution in [2.75, 3.05) is 19.6 Å². The van der Waals surface area contributed by atoms with Crippen molar-refractivity contribution in [2.45, 2.75) is 25.4 Å². The third kappa shape index (κ3) is 3.37. The first kappa shape index (κ1) is 13.2. The van der Waals surface area contributed by atoms with E-state index in [4.69, 9.17) is 0 Å². The minimum absolute atomic E-state index is 0.0159. The maximum Gasteiger partial charge on any atom is 0.151 e. The van der Waals surface area contributed by atoms with Crippen molar-refractivity contribution in [3.8, 4) is 0 Å². The van der Waals surface area contributed by atoms with Gasteiger partial charge in [0.05, 0.1) is 12.1 Å². The number of carbonyl (C=O) groups excluding carboxylic acids is 1. The van der Waals surface area contributed by atoms with Gasteiger partial charge >= 0.3 is 0 Å². The Morgan fingerprint density at radius 3 is 2.83 bits per heavy atom. The maximum atomic E-state index is 13.4. The highest BCUT2D eigenvalue weighted by atomic mass is 19.1. The van der Waals surface area contributed by atoms with Gasteiger partial charge < -0.3 is 5.11 Å². The number of rotatable bonds is 4. The number of carbonyl (C=O) groups is 1. The highest BCUT2D eigenvalue weighted by Gasteiger charge is 2.31. The SMILES string of the molecule is CC1(O)CCN(CC(=O)Cc2ccccc2F)C1. The summed E-state index contributed by atoms with van der Waals surface area (Å²) < 4.78 is 13.4. The van der Waals surface area contributed by atoms with E-state index in [0.717, 1.165) is 6.54 Å². The fourth-order valence-corrected chi connectivity index (χ4v) is 2.33. The van der Waals surface area contributed by atoms with Crippen molar-refractivity contribution in [2.24, 2.45) is 0 Å². The zero-order valence-electron chi connectivity index (χ0n) is 10.5. The summed E-state index contributed by atoms with van der Waals surface area (Å²) >= 11 is 0. The molecule has 1 unspecified atom stereocenters. The third-order valence-electron chi connectivity index (χ3n) is 3.28. The Morgan fingerprint density at radius 1 is 1.50 bits per heavy atom. The molecule has 0 amide bonds. The molecule has 1 fully saturated rings. The molecule has 1 aromatic rings. The Morgan fingerprint density at radius 2 is 2.22 bits per heavy atom. The molecule has 2 rings (SSSR count). The largest absolute Gasteiger partial charge is 0.389 e. The number of benzene rings is 1. The number of hydrogen-bond acceptors (Lipinski definition) is 3. The van der Waals surface area contributed by atoms with Crippen LogP contribution in [0.5, 0.6) is 0 Å². The van der Waals surface area contributed by atoms with E-state index in [-0.39, 0.29) is 24.6 Å². The number of halogens is 1. The van der Waals surface area contributed by atoms with Crippen molar-refractivity contribution in [3.63, 3.8) is 0 Å². The Balaban J connectivity index is 1.88. The molecular weight excluding hydrogens is 233 g/mol.